The Balaban J connectivity index is 1.88. The third-order valence-electron chi connectivity index (χ3n) is 3.63. The molecule has 2 heterocycles. The highest BCUT2D eigenvalue weighted by molar-refractivity contribution is 6.30. The minimum atomic E-state index is 0.00731. The number of halogens is 1. The van der Waals surface area contributed by atoms with Gasteiger partial charge in [0.15, 0.2) is 10.9 Å². The molecule has 20 heavy (non-hydrogen) atoms. The molecule has 0 aliphatic carbocycles. The SMILES string of the molecule is Clc1ncccc1O[C@@H](c1ccccc1)[C@H]1CCNC1. The Morgan fingerprint density at radius 1 is 1.20 bits per heavy atom. The van der Waals surface area contributed by atoms with Crippen molar-refractivity contribution in [2.24, 2.45) is 5.92 Å². The van der Waals surface area contributed by atoms with Crippen molar-refractivity contribution in [2.75, 3.05) is 13.1 Å². The van der Waals surface area contributed by atoms with Gasteiger partial charge < -0.3 is 10.1 Å². The lowest BCUT2D eigenvalue weighted by atomic mass is 9.95. The first kappa shape index (κ1) is 13.4. The van der Waals surface area contributed by atoms with Crippen LogP contribution in [0.2, 0.25) is 5.15 Å². The van der Waals surface area contributed by atoms with Gasteiger partial charge in [0, 0.05) is 18.7 Å². The van der Waals surface area contributed by atoms with Gasteiger partial charge in [0.1, 0.15) is 6.10 Å². The van der Waals surface area contributed by atoms with E-state index in [2.05, 4.69) is 22.4 Å². The fourth-order valence-corrected chi connectivity index (χ4v) is 2.77. The first-order valence-electron chi connectivity index (χ1n) is 6.87. The Labute approximate surface area is 123 Å². The molecular formula is C16H17ClN2O. The van der Waals surface area contributed by atoms with Crippen LogP contribution in [0.15, 0.2) is 48.7 Å². The predicted octanol–water partition coefficient (Wildman–Crippen LogP) is 3.46. The Morgan fingerprint density at radius 2 is 2.05 bits per heavy atom. The minimum Gasteiger partial charge on any atom is -0.482 e. The van der Waals surface area contributed by atoms with E-state index in [1.807, 2.05) is 30.3 Å². The Kier molecular flexibility index (Phi) is 4.19. The van der Waals surface area contributed by atoms with E-state index >= 15 is 0 Å². The molecule has 1 aromatic carbocycles. The molecule has 0 saturated carbocycles. The molecule has 3 nitrogen and oxygen atoms in total. The average Bonchev–Trinajstić information content (AvgIpc) is 3.01. The van der Waals surface area contributed by atoms with Gasteiger partial charge in [-0.1, -0.05) is 41.9 Å². The fraction of sp³-hybridized carbons (Fsp3) is 0.312. The fourth-order valence-electron chi connectivity index (χ4n) is 2.61. The quantitative estimate of drug-likeness (QED) is 0.875. The number of nitrogens with one attached hydrogen (secondary N) is 1. The van der Waals surface area contributed by atoms with Crippen LogP contribution in [0.25, 0.3) is 0 Å². The number of hydrogen-bond donors (Lipinski definition) is 1. The summed E-state index contributed by atoms with van der Waals surface area (Å²) in [7, 11) is 0. The molecular weight excluding hydrogens is 272 g/mol. The van der Waals surface area contributed by atoms with Crippen LogP contribution in [0.4, 0.5) is 0 Å². The molecule has 0 unspecified atom stereocenters. The average molecular weight is 289 g/mol. The zero-order valence-corrected chi connectivity index (χ0v) is 11.9. The van der Waals surface area contributed by atoms with Gasteiger partial charge in [-0.2, -0.15) is 0 Å². The summed E-state index contributed by atoms with van der Waals surface area (Å²) in [6, 6.07) is 14.0. The maximum Gasteiger partial charge on any atom is 0.171 e. The van der Waals surface area contributed by atoms with Gasteiger partial charge >= 0.3 is 0 Å². The van der Waals surface area contributed by atoms with E-state index in [4.69, 9.17) is 16.3 Å². The highest BCUT2D eigenvalue weighted by atomic mass is 35.5. The van der Waals surface area contributed by atoms with Crippen molar-refractivity contribution in [1.82, 2.24) is 10.3 Å². The van der Waals surface area contributed by atoms with E-state index in [1.165, 1.54) is 5.56 Å². The first-order valence-corrected chi connectivity index (χ1v) is 7.25. The molecule has 1 saturated heterocycles. The van der Waals surface area contributed by atoms with E-state index in [9.17, 15) is 0 Å². The Morgan fingerprint density at radius 3 is 2.75 bits per heavy atom. The summed E-state index contributed by atoms with van der Waals surface area (Å²) in [5, 5.41) is 3.81. The molecule has 3 rings (SSSR count). The van der Waals surface area contributed by atoms with Crippen LogP contribution in [0.5, 0.6) is 5.75 Å². The second-order valence-electron chi connectivity index (χ2n) is 4.99. The normalized spacial score (nSPS) is 19.8. The number of pyridine rings is 1. The molecule has 1 aromatic heterocycles. The molecule has 1 N–H and O–H groups in total. The van der Waals surface area contributed by atoms with Crippen LogP contribution >= 0.6 is 11.6 Å². The monoisotopic (exact) mass is 288 g/mol. The van der Waals surface area contributed by atoms with E-state index in [1.54, 1.807) is 6.20 Å². The van der Waals surface area contributed by atoms with Gasteiger partial charge in [0.25, 0.3) is 0 Å². The van der Waals surface area contributed by atoms with Gasteiger partial charge in [0.05, 0.1) is 0 Å². The highest BCUT2D eigenvalue weighted by Crippen LogP contribution is 2.34. The predicted molar refractivity (Wildman–Crippen MR) is 80.0 cm³/mol. The van der Waals surface area contributed by atoms with Crippen molar-refractivity contribution in [2.45, 2.75) is 12.5 Å². The molecule has 1 fully saturated rings. The van der Waals surface area contributed by atoms with Crippen LogP contribution in [0.3, 0.4) is 0 Å². The molecule has 1 aliphatic rings. The summed E-state index contributed by atoms with van der Waals surface area (Å²) in [4.78, 5) is 4.08. The zero-order valence-electron chi connectivity index (χ0n) is 11.1. The third-order valence-corrected chi connectivity index (χ3v) is 3.92. The van der Waals surface area contributed by atoms with Gasteiger partial charge in [-0.15, -0.1) is 0 Å². The van der Waals surface area contributed by atoms with Crippen LogP contribution < -0.4 is 10.1 Å². The molecule has 4 heteroatoms. The molecule has 0 spiro atoms. The second kappa shape index (κ2) is 6.25. The van der Waals surface area contributed by atoms with Crippen molar-refractivity contribution in [3.8, 4) is 5.75 Å². The molecule has 104 valence electrons. The van der Waals surface area contributed by atoms with E-state index in [-0.39, 0.29) is 6.10 Å². The van der Waals surface area contributed by atoms with E-state index in [0.29, 0.717) is 16.8 Å². The van der Waals surface area contributed by atoms with Crippen LogP contribution in [-0.2, 0) is 0 Å². The number of benzene rings is 1. The lowest BCUT2D eigenvalue weighted by Crippen LogP contribution is -2.21. The van der Waals surface area contributed by atoms with Gasteiger partial charge in [-0.25, -0.2) is 4.98 Å². The van der Waals surface area contributed by atoms with Crippen molar-refractivity contribution in [3.63, 3.8) is 0 Å². The van der Waals surface area contributed by atoms with Crippen molar-refractivity contribution in [3.05, 3.63) is 59.4 Å². The van der Waals surface area contributed by atoms with Crippen molar-refractivity contribution >= 4 is 11.6 Å². The molecule has 1 aliphatic heterocycles. The minimum absolute atomic E-state index is 0.00731. The smallest absolute Gasteiger partial charge is 0.171 e. The molecule has 0 bridgehead atoms. The van der Waals surface area contributed by atoms with Gasteiger partial charge in [-0.05, 0) is 30.7 Å². The van der Waals surface area contributed by atoms with Crippen molar-refractivity contribution in [1.29, 1.82) is 0 Å². The van der Waals surface area contributed by atoms with Crippen molar-refractivity contribution < 1.29 is 4.74 Å². The summed E-state index contributed by atoms with van der Waals surface area (Å²) < 4.78 is 6.18. The number of aromatic nitrogens is 1. The summed E-state index contributed by atoms with van der Waals surface area (Å²) in [6.07, 6.45) is 2.79. The number of rotatable bonds is 4. The van der Waals surface area contributed by atoms with Crippen LogP contribution in [-0.4, -0.2) is 18.1 Å². The maximum absolute atomic E-state index is 6.18. The summed E-state index contributed by atoms with van der Waals surface area (Å²) >= 11 is 6.11. The van der Waals surface area contributed by atoms with Gasteiger partial charge in [-0.3, -0.25) is 0 Å². The maximum atomic E-state index is 6.18. The van der Waals surface area contributed by atoms with Crippen LogP contribution in [0, 0.1) is 5.92 Å². The number of hydrogen-bond acceptors (Lipinski definition) is 3. The Bertz CT molecular complexity index is 555. The third kappa shape index (κ3) is 2.94. The second-order valence-corrected chi connectivity index (χ2v) is 5.35. The van der Waals surface area contributed by atoms with Crippen LogP contribution in [0.1, 0.15) is 18.1 Å². The highest BCUT2D eigenvalue weighted by Gasteiger charge is 2.28. The summed E-state index contributed by atoms with van der Waals surface area (Å²) in [6.45, 7) is 2.01. The lowest BCUT2D eigenvalue weighted by molar-refractivity contribution is 0.144. The molecule has 0 amide bonds. The molecule has 2 atom stereocenters. The largest absolute Gasteiger partial charge is 0.482 e. The summed E-state index contributed by atoms with van der Waals surface area (Å²) in [5.74, 6) is 1.10. The number of ether oxygens (including phenoxy) is 1. The number of nitrogens with zero attached hydrogens (tertiary/aromatic N) is 1. The standard InChI is InChI=1S/C16H17ClN2O/c17-16-14(7-4-9-19-16)20-15(13-8-10-18-11-13)12-5-2-1-3-6-12/h1-7,9,13,15,18H,8,10-11H2/t13-,15-/m0/s1. The van der Waals surface area contributed by atoms with E-state index < -0.39 is 0 Å². The van der Waals surface area contributed by atoms with E-state index in [0.717, 1.165) is 19.5 Å². The lowest BCUT2D eigenvalue weighted by Gasteiger charge is -2.25. The first-order chi connectivity index (χ1) is 9.84. The molecule has 0 radical (unpaired) electrons. The van der Waals surface area contributed by atoms with Gasteiger partial charge in [0.2, 0.25) is 0 Å². The zero-order chi connectivity index (χ0) is 13.8. The Hall–Kier alpha value is -1.58. The topological polar surface area (TPSA) is 34.1 Å². The summed E-state index contributed by atoms with van der Waals surface area (Å²) in [5.41, 5.74) is 1.18. The molecule has 2 aromatic rings.